The molecule has 8 nitrogen and oxygen atoms in total. The van der Waals surface area contributed by atoms with Gasteiger partial charge in [0.2, 0.25) is 0 Å². The summed E-state index contributed by atoms with van der Waals surface area (Å²) in [4.78, 5) is 12.2. The number of nitrogens with zero attached hydrogens (tertiary/aromatic N) is 4. The average Bonchev–Trinajstić information content (AvgIpc) is 3.44. The van der Waals surface area contributed by atoms with Gasteiger partial charge < -0.3 is 15.4 Å². The van der Waals surface area contributed by atoms with E-state index in [1.807, 2.05) is 67.1 Å². The molecule has 0 saturated heterocycles. The number of benzene rings is 2. The van der Waals surface area contributed by atoms with Gasteiger partial charge in [0, 0.05) is 17.8 Å². The van der Waals surface area contributed by atoms with Crippen LogP contribution in [0.4, 0.5) is 10.5 Å². The summed E-state index contributed by atoms with van der Waals surface area (Å²) in [5.41, 5.74) is 2.63. The fourth-order valence-corrected chi connectivity index (χ4v) is 2.97. The first-order valence-electron chi connectivity index (χ1n) is 9.77. The highest BCUT2D eigenvalue weighted by molar-refractivity contribution is 5.89. The fourth-order valence-electron chi connectivity index (χ4n) is 2.97. The van der Waals surface area contributed by atoms with Crippen LogP contribution in [-0.4, -0.2) is 32.3 Å². The zero-order chi connectivity index (χ0) is 20.2. The highest BCUT2D eigenvalue weighted by Crippen LogP contribution is 2.36. The minimum absolute atomic E-state index is 0.137. The molecule has 4 rings (SSSR count). The van der Waals surface area contributed by atoms with E-state index in [0.717, 1.165) is 35.5 Å². The molecule has 2 amide bonds. The number of tetrazole rings is 1. The Morgan fingerprint density at radius 2 is 1.86 bits per heavy atom. The van der Waals surface area contributed by atoms with Crippen molar-refractivity contribution < 1.29 is 9.53 Å². The molecule has 0 radical (unpaired) electrons. The first-order chi connectivity index (χ1) is 14.1. The van der Waals surface area contributed by atoms with E-state index in [4.69, 9.17) is 4.74 Å². The third kappa shape index (κ3) is 4.90. The van der Waals surface area contributed by atoms with Crippen molar-refractivity contribution in [1.29, 1.82) is 0 Å². The highest BCUT2D eigenvalue weighted by atomic mass is 16.5. The molecule has 8 heteroatoms. The third-order valence-corrected chi connectivity index (χ3v) is 4.53. The van der Waals surface area contributed by atoms with Crippen molar-refractivity contribution in [3.8, 4) is 17.1 Å². The predicted octanol–water partition coefficient (Wildman–Crippen LogP) is 3.78. The topological polar surface area (TPSA) is 94.0 Å². The van der Waals surface area contributed by atoms with Gasteiger partial charge in [-0.25, -0.2) is 9.48 Å². The summed E-state index contributed by atoms with van der Waals surface area (Å²) in [6, 6.07) is 15.4. The van der Waals surface area contributed by atoms with Crippen LogP contribution in [0.1, 0.15) is 38.3 Å². The maximum absolute atomic E-state index is 12.2. The molecule has 1 heterocycles. The molecule has 1 fully saturated rings. The van der Waals surface area contributed by atoms with Gasteiger partial charge in [0.25, 0.3) is 0 Å². The van der Waals surface area contributed by atoms with Gasteiger partial charge in [-0.2, -0.15) is 0 Å². The monoisotopic (exact) mass is 392 g/mol. The van der Waals surface area contributed by atoms with E-state index in [1.54, 1.807) is 0 Å². The number of carbonyl (C=O) groups is 1. The van der Waals surface area contributed by atoms with Crippen LogP contribution in [0, 0.1) is 0 Å². The van der Waals surface area contributed by atoms with Crippen LogP contribution in [0.2, 0.25) is 0 Å². The van der Waals surface area contributed by atoms with Gasteiger partial charge in [0.05, 0.1) is 12.1 Å². The number of hydrogen-bond acceptors (Lipinski definition) is 5. The lowest BCUT2D eigenvalue weighted by molar-refractivity contribution is 0.242. The van der Waals surface area contributed by atoms with E-state index < -0.39 is 0 Å². The van der Waals surface area contributed by atoms with Gasteiger partial charge in [-0.05, 0) is 79.1 Å². The number of ether oxygens (including phenoxy) is 1. The summed E-state index contributed by atoms with van der Waals surface area (Å²) >= 11 is 0. The Balaban J connectivity index is 1.30. The van der Waals surface area contributed by atoms with Gasteiger partial charge in [-0.1, -0.05) is 12.1 Å². The number of anilines is 1. The molecular weight excluding hydrogens is 368 g/mol. The Hall–Kier alpha value is -3.42. The van der Waals surface area contributed by atoms with Crippen molar-refractivity contribution in [3.63, 3.8) is 0 Å². The van der Waals surface area contributed by atoms with Crippen LogP contribution in [0.3, 0.4) is 0 Å². The quantitative estimate of drug-likeness (QED) is 0.638. The van der Waals surface area contributed by atoms with Crippen LogP contribution >= 0.6 is 0 Å². The number of rotatable bonds is 7. The van der Waals surface area contributed by atoms with Gasteiger partial charge in [0.1, 0.15) is 5.75 Å². The Morgan fingerprint density at radius 3 is 2.52 bits per heavy atom. The molecule has 1 aromatic heterocycles. The maximum atomic E-state index is 12.2. The second kappa shape index (κ2) is 8.30. The van der Waals surface area contributed by atoms with Crippen LogP contribution in [-0.2, 0) is 6.54 Å². The predicted molar refractivity (Wildman–Crippen MR) is 110 cm³/mol. The van der Waals surface area contributed by atoms with E-state index >= 15 is 0 Å². The van der Waals surface area contributed by atoms with Crippen LogP contribution < -0.4 is 15.4 Å². The van der Waals surface area contributed by atoms with E-state index in [-0.39, 0.29) is 12.1 Å². The molecule has 2 N–H and O–H groups in total. The Bertz CT molecular complexity index is 962. The van der Waals surface area contributed by atoms with Crippen molar-refractivity contribution in [3.05, 3.63) is 54.1 Å². The lowest BCUT2D eigenvalue weighted by atomic mass is 10.2. The summed E-state index contributed by atoms with van der Waals surface area (Å²) in [7, 11) is 0. The van der Waals surface area contributed by atoms with Crippen molar-refractivity contribution >= 4 is 11.7 Å². The summed E-state index contributed by atoms with van der Waals surface area (Å²) in [5, 5.41) is 17.7. The second-order valence-corrected chi connectivity index (χ2v) is 7.37. The largest absolute Gasteiger partial charge is 0.491 e. The molecular formula is C21H24N6O2. The third-order valence-electron chi connectivity index (χ3n) is 4.53. The number of carbonyl (C=O) groups excluding carboxylic acids is 1. The number of aromatic nitrogens is 4. The smallest absolute Gasteiger partial charge is 0.319 e. The molecule has 2 aromatic carbocycles. The molecule has 0 unspecified atom stereocenters. The van der Waals surface area contributed by atoms with Gasteiger partial charge in [-0.15, -0.1) is 5.10 Å². The fraction of sp³-hybridized carbons (Fsp3) is 0.333. The average molecular weight is 392 g/mol. The standard InChI is InChI=1S/C21H24N6O2/c1-14(2)29-19-11-3-15(4-12-19)13-22-21(28)23-17-7-5-16(6-8-17)20-24-25-26-27(20)18-9-10-18/h3-8,11-12,14,18H,9-10,13H2,1-2H3,(H2,22,23,28). The van der Waals surface area contributed by atoms with Crippen LogP contribution in [0.5, 0.6) is 5.75 Å². The first kappa shape index (κ1) is 18.9. The van der Waals surface area contributed by atoms with Crippen LogP contribution in [0.25, 0.3) is 11.4 Å². The van der Waals surface area contributed by atoms with E-state index in [2.05, 4.69) is 26.2 Å². The molecule has 150 valence electrons. The molecule has 29 heavy (non-hydrogen) atoms. The second-order valence-electron chi connectivity index (χ2n) is 7.37. The Morgan fingerprint density at radius 1 is 1.14 bits per heavy atom. The zero-order valence-corrected chi connectivity index (χ0v) is 16.5. The molecule has 3 aromatic rings. The molecule has 0 spiro atoms. The SMILES string of the molecule is CC(C)Oc1ccc(CNC(=O)Nc2ccc(-c3nnnn3C3CC3)cc2)cc1. The minimum Gasteiger partial charge on any atom is -0.491 e. The lowest BCUT2D eigenvalue weighted by Crippen LogP contribution is -2.28. The van der Waals surface area contributed by atoms with Gasteiger partial charge in [-0.3, -0.25) is 0 Å². The van der Waals surface area contributed by atoms with Crippen molar-refractivity contribution in [1.82, 2.24) is 25.5 Å². The maximum Gasteiger partial charge on any atom is 0.319 e. The normalized spacial score (nSPS) is 13.3. The lowest BCUT2D eigenvalue weighted by Gasteiger charge is -2.11. The Labute approximate surface area is 169 Å². The number of nitrogens with one attached hydrogen (secondary N) is 2. The van der Waals surface area contributed by atoms with Gasteiger partial charge in [0.15, 0.2) is 5.82 Å². The first-order valence-corrected chi connectivity index (χ1v) is 9.77. The number of urea groups is 1. The number of amides is 2. The molecule has 1 saturated carbocycles. The molecule has 0 atom stereocenters. The van der Waals surface area contributed by atoms with E-state index in [1.165, 1.54) is 0 Å². The van der Waals surface area contributed by atoms with E-state index in [9.17, 15) is 4.79 Å². The van der Waals surface area contributed by atoms with Crippen molar-refractivity contribution in [2.24, 2.45) is 0 Å². The van der Waals surface area contributed by atoms with Crippen molar-refractivity contribution in [2.75, 3.05) is 5.32 Å². The van der Waals surface area contributed by atoms with Crippen molar-refractivity contribution in [2.45, 2.75) is 45.4 Å². The summed E-state index contributed by atoms with van der Waals surface area (Å²) in [6.07, 6.45) is 2.37. The molecule has 0 bridgehead atoms. The summed E-state index contributed by atoms with van der Waals surface area (Å²) in [6.45, 7) is 4.41. The zero-order valence-electron chi connectivity index (χ0n) is 16.5. The number of hydrogen-bond donors (Lipinski definition) is 2. The molecule has 0 aliphatic heterocycles. The highest BCUT2D eigenvalue weighted by Gasteiger charge is 2.28. The van der Waals surface area contributed by atoms with Crippen LogP contribution in [0.15, 0.2) is 48.5 Å². The minimum atomic E-state index is -0.261. The molecule has 1 aliphatic rings. The molecule has 1 aliphatic carbocycles. The Kier molecular flexibility index (Phi) is 5.41. The van der Waals surface area contributed by atoms with Gasteiger partial charge >= 0.3 is 6.03 Å². The summed E-state index contributed by atoms with van der Waals surface area (Å²) < 4.78 is 7.49. The van der Waals surface area contributed by atoms with E-state index in [0.29, 0.717) is 18.3 Å². The summed E-state index contributed by atoms with van der Waals surface area (Å²) in [5.74, 6) is 1.58.